The first-order chi connectivity index (χ1) is 9.36. The number of urea groups is 1. The average molecular weight is 287 g/mol. The second-order valence-corrected chi connectivity index (χ2v) is 4.34. The zero-order valence-corrected chi connectivity index (χ0v) is 11.0. The third kappa shape index (κ3) is 3.92. The molecule has 0 radical (unpaired) electrons. The summed E-state index contributed by atoms with van der Waals surface area (Å²) in [6, 6.07) is -1.38. The predicted molar refractivity (Wildman–Crippen MR) is 65.6 cm³/mol. The zero-order chi connectivity index (χ0) is 15.3. The highest BCUT2D eigenvalue weighted by molar-refractivity contribution is 6.04. The van der Waals surface area contributed by atoms with E-state index in [-0.39, 0.29) is 19.5 Å². The fraction of sp³-hybridized carbons (Fsp3) is 0.636. The fourth-order valence-corrected chi connectivity index (χ4v) is 1.83. The molecule has 0 saturated carbocycles. The van der Waals surface area contributed by atoms with Crippen LogP contribution in [0.3, 0.4) is 0 Å². The zero-order valence-electron chi connectivity index (χ0n) is 11.0. The molecule has 0 aliphatic carbocycles. The Kier molecular flexibility index (Phi) is 5.44. The molecule has 1 aliphatic heterocycles. The summed E-state index contributed by atoms with van der Waals surface area (Å²) >= 11 is 0. The van der Waals surface area contributed by atoms with Gasteiger partial charge >= 0.3 is 12.0 Å². The van der Waals surface area contributed by atoms with Gasteiger partial charge in [-0.1, -0.05) is 6.92 Å². The van der Waals surface area contributed by atoms with Crippen molar-refractivity contribution in [1.29, 1.82) is 0 Å². The van der Waals surface area contributed by atoms with Gasteiger partial charge in [0.1, 0.15) is 12.6 Å². The Hall–Kier alpha value is -2.16. The molecule has 0 aromatic carbocycles. The van der Waals surface area contributed by atoms with Gasteiger partial charge in [-0.2, -0.15) is 0 Å². The monoisotopic (exact) mass is 287 g/mol. The first-order valence-electron chi connectivity index (χ1n) is 6.15. The minimum Gasteiger partial charge on any atom is -0.479 e. The molecule has 1 fully saturated rings. The van der Waals surface area contributed by atoms with Gasteiger partial charge in [-0.05, 0) is 6.42 Å². The SMILES string of the molecule is CCC1C(=O)NC(=O)CN1C(=O)NCCC(O)C(=O)O. The Bertz CT molecular complexity index is 424. The molecule has 112 valence electrons. The molecule has 0 bridgehead atoms. The predicted octanol–water partition coefficient (Wildman–Crippen LogP) is -1.73. The van der Waals surface area contributed by atoms with E-state index in [1.807, 2.05) is 0 Å². The Morgan fingerprint density at radius 1 is 1.50 bits per heavy atom. The fourth-order valence-electron chi connectivity index (χ4n) is 1.83. The van der Waals surface area contributed by atoms with Gasteiger partial charge in [-0.25, -0.2) is 9.59 Å². The standard InChI is InChI=1S/C11H17N3O6/c1-2-6-9(17)13-8(16)5-14(6)11(20)12-4-3-7(15)10(18)19/h6-7,15H,2-5H2,1H3,(H,12,20)(H,18,19)(H,13,16,17). The third-order valence-electron chi connectivity index (χ3n) is 2.88. The van der Waals surface area contributed by atoms with Crippen molar-refractivity contribution in [2.24, 2.45) is 0 Å². The minimum absolute atomic E-state index is 0.0744. The number of carbonyl (C=O) groups is 4. The summed E-state index contributed by atoms with van der Waals surface area (Å²) in [5.41, 5.74) is 0. The molecule has 9 nitrogen and oxygen atoms in total. The van der Waals surface area contributed by atoms with Crippen LogP contribution in [0.1, 0.15) is 19.8 Å². The van der Waals surface area contributed by atoms with Crippen molar-refractivity contribution < 1.29 is 29.4 Å². The summed E-state index contributed by atoms with van der Waals surface area (Å²) in [6.45, 7) is 1.39. The molecule has 1 aliphatic rings. The molecule has 0 aromatic heterocycles. The number of imide groups is 1. The molecule has 2 unspecified atom stereocenters. The summed E-state index contributed by atoms with van der Waals surface area (Å²) in [5, 5.41) is 22.0. The third-order valence-corrected chi connectivity index (χ3v) is 2.88. The van der Waals surface area contributed by atoms with Gasteiger partial charge in [0.15, 0.2) is 6.10 Å². The molecule has 4 amide bonds. The van der Waals surface area contributed by atoms with Crippen LogP contribution in [-0.2, 0) is 14.4 Å². The maximum atomic E-state index is 11.9. The summed E-state index contributed by atoms with van der Waals surface area (Å²) in [7, 11) is 0. The number of carboxylic acids is 1. The van der Waals surface area contributed by atoms with Crippen LogP contribution in [0.4, 0.5) is 4.79 Å². The van der Waals surface area contributed by atoms with E-state index >= 15 is 0 Å². The van der Waals surface area contributed by atoms with E-state index in [0.717, 1.165) is 4.90 Å². The van der Waals surface area contributed by atoms with Gasteiger partial charge in [0.25, 0.3) is 0 Å². The van der Waals surface area contributed by atoms with Crippen LogP contribution >= 0.6 is 0 Å². The Morgan fingerprint density at radius 3 is 2.70 bits per heavy atom. The van der Waals surface area contributed by atoms with Crippen LogP contribution in [-0.4, -0.2) is 64.2 Å². The molecule has 20 heavy (non-hydrogen) atoms. The van der Waals surface area contributed by atoms with Crippen molar-refractivity contribution in [2.45, 2.75) is 31.9 Å². The van der Waals surface area contributed by atoms with E-state index in [2.05, 4.69) is 10.6 Å². The van der Waals surface area contributed by atoms with Crippen LogP contribution < -0.4 is 10.6 Å². The number of rotatable bonds is 5. The normalized spacial score (nSPS) is 20.3. The first-order valence-corrected chi connectivity index (χ1v) is 6.15. The van der Waals surface area contributed by atoms with Gasteiger partial charge < -0.3 is 20.4 Å². The van der Waals surface area contributed by atoms with Gasteiger partial charge in [0.05, 0.1) is 0 Å². The van der Waals surface area contributed by atoms with Crippen molar-refractivity contribution in [3.8, 4) is 0 Å². The molecule has 0 aromatic rings. The second-order valence-electron chi connectivity index (χ2n) is 4.34. The average Bonchev–Trinajstić information content (AvgIpc) is 2.37. The molecule has 0 spiro atoms. The molecule has 1 saturated heterocycles. The lowest BCUT2D eigenvalue weighted by Gasteiger charge is -2.33. The number of aliphatic carboxylic acids is 1. The summed E-state index contributed by atoms with van der Waals surface area (Å²) in [5.74, 6) is -2.48. The van der Waals surface area contributed by atoms with Gasteiger partial charge in [0.2, 0.25) is 11.8 Å². The van der Waals surface area contributed by atoms with E-state index in [9.17, 15) is 19.2 Å². The molecule has 1 heterocycles. The number of nitrogens with one attached hydrogen (secondary N) is 2. The van der Waals surface area contributed by atoms with E-state index in [0.29, 0.717) is 6.42 Å². The topological polar surface area (TPSA) is 136 Å². The second kappa shape index (κ2) is 6.85. The molecule has 9 heteroatoms. The van der Waals surface area contributed by atoms with Crippen molar-refractivity contribution in [1.82, 2.24) is 15.5 Å². The molecule has 4 N–H and O–H groups in total. The molecule has 1 rings (SSSR count). The first kappa shape index (κ1) is 15.9. The van der Waals surface area contributed by atoms with Crippen molar-refractivity contribution in [3.05, 3.63) is 0 Å². The molecular weight excluding hydrogens is 270 g/mol. The van der Waals surface area contributed by atoms with Crippen LogP contribution in [0.5, 0.6) is 0 Å². The highest BCUT2D eigenvalue weighted by Crippen LogP contribution is 2.09. The number of amides is 4. The van der Waals surface area contributed by atoms with Crippen molar-refractivity contribution in [3.63, 3.8) is 0 Å². The number of aliphatic hydroxyl groups is 1. The lowest BCUT2D eigenvalue weighted by molar-refractivity contribution is -0.146. The summed E-state index contributed by atoms with van der Waals surface area (Å²) in [4.78, 5) is 46.1. The Labute approximate surface area is 114 Å². The quantitative estimate of drug-likeness (QED) is 0.443. The highest BCUT2D eigenvalue weighted by Gasteiger charge is 2.35. The van der Waals surface area contributed by atoms with Gasteiger partial charge in [0, 0.05) is 13.0 Å². The van der Waals surface area contributed by atoms with Gasteiger partial charge in [-0.3, -0.25) is 14.9 Å². The van der Waals surface area contributed by atoms with E-state index in [4.69, 9.17) is 10.2 Å². The van der Waals surface area contributed by atoms with E-state index in [1.54, 1.807) is 6.92 Å². The number of hydrogen-bond donors (Lipinski definition) is 4. The summed E-state index contributed by atoms with van der Waals surface area (Å²) < 4.78 is 0. The molecular formula is C11H17N3O6. The lowest BCUT2D eigenvalue weighted by atomic mass is 10.1. The number of hydrogen-bond acceptors (Lipinski definition) is 5. The van der Waals surface area contributed by atoms with Crippen LogP contribution in [0, 0.1) is 0 Å². The van der Waals surface area contributed by atoms with Crippen molar-refractivity contribution in [2.75, 3.05) is 13.1 Å². The number of carbonyl (C=O) groups excluding carboxylic acids is 3. The largest absolute Gasteiger partial charge is 0.479 e. The number of aliphatic hydroxyl groups excluding tert-OH is 1. The van der Waals surface area contributed by atoms with Crippen molar-refractivity contribution >= 4 is 23.8 Å². The maximum absolute atomic E-state index is 11.9. The van der Waals surface area contributed by atoms with E-state index in [1.165, 1.54) is 0 Å². The van der Waals surface area contributed by atoms with Crippen LogP contribution in [0.25, 0.3) is 0 Å². The summed E-state index contributed by atoms with van der Waals surface area (Å²) in [6.07, 6.45) is -1.38. The Morgan fingerprint density at radius 2 is 2.15 bits per heavy atom. The number of nitrogens with zero attached hydrogens (tertiary/aromatic N) is 1. The van der Waals surface area contributed by atoms with Crippen LogP contribution in [0.2, 0.25) is 0 Å². The van der Waals surface area contributed by atoms with Gasteiger partial charge in [-0.15, -0.1) is 0 Å². The molecule has 2 atom stereocenters. The number of carboxylic acid groups (broad SMARTS) is 1. The highest BCUT2D eigenvalue weighted by atomic mass is 16.4. The maximum Gasteiger partial charge on any atom is 0.332 e. The number of piperazine rings is 1. The lowest BCUT2D eigenvalue weighted by Crippen LogP contribution is -2.61. The van der Waals surface area contributed by atoms with E-state index < -0.39 is 36.0 Å². The minimum atomic E-state index is -1.57. The Balaban J connectivity index is 2.54. The smallest absolute Gasteiger partial charge is 0.332 e. The van der Waals surface area contributed by atoms with Crippen LogP contribution in [0.15, 0.2) is 0 Å².